The highest BCUT2D eigenvalue weighted by Crippen LogP contribution is 2.51. The van der Waals surface area contributed by atoms with E-state index in [0.29, 0.717) is 24.2 Å². The van der Waals surface area contributed by atoms with Gasteiger partial charge in [0.1, 0.15) is 0 Å². The van der Waals surface area contributed by atoms with E-state index in [1.54, 1.807) is 6.08 Å². The molecule has 4 heteroatoms. The Labute approximate surface area is 155 Å². The second kappa shape index (κ2) is 6.34. The highest BCUT2D eigenvalue weighted by molar-refractivity contribution is 7.85. The van der Waals surface area contributed by atoms with Crippen molar-refractivity contribution in [2.24, 2.45) is 5.92 Å². The molecule has 0 bridgehead atoms. The third kappa shape index (κ3) is 2.73. The number of nitrogens with zero attached hydrogens (tertiary/aromatic N) is 1. The summed E-state index contributed by atoms with van der Waals surface area (Å²) in [7, 11) is -1.34. The van der Waals surface area contributed by atoms with Gasteiger partial charge in [-0.3, -0.25) is 4.79 Å². The Bertz CT molecular complexity index is 984. The van der Waals surface area contributed by atoms with Gasteiger partial charge in [-0.25, -0.2) is 4.21 Å². The van der Waals surface area contributed by atoms with Crippen LogP contribution >= 0.6 is 0 Å². The molecule has 0 radical (unpaired) electrons. The minimum Gasteiger partial charge on any atom is -0.295 e. The normalized spacial score (nSPS) is 25.5. The number of aryl methyl sites for hydroxylation is 1. The predicted octanol–water partition coefficient (Wildman–Crippen LogP) is 4.23. The summed E-state index contributed by atoms with van der Waals surface area (Å²) in [5, 5.41) is 10.0. The molecule has 0 spiro atoms. The highest BCUT2D eigenvalue weighted by atomic mass is 32.2. The Kier molecular flexibility index (Phi) is 4.13. The number of fused-ring (bicyclic) bond motifs is 1. The first-order chi connectivity index (χ1) is 12.5. The Morgan fingerprint density at radius 3 is 2.58 bits per heavy atom. The molecule has 2 aromatic carbocycles. The van der Waals surface area contributed by atoms with Gasteiger partial charge in [0.15, 0.2) is 5.78 Å². The lowest BCUT2D eigenvalue weighted by Crippen LogP contribution is -2.23. The zero-order valence-corrected chi connectivity index (χ0v) is 15.4. The number of rotatable bonds is 3. The van der Waals surface area contributed by atoms with Crippen molar-refractivity contribution in [1.82, 2.24) is 0 Å². The van der Waals surface area contributed by atoms with Crippen molar-refractivity contribution in [3.8, 4) is 6.07 Å². The maximum atomic E-state index is 13.2. The van der Waals surface area contributed by atoms with Gasteiger partial charge < -0.3 is 0 Å². The van der Waals surface area contributed by atoms with Crippen LogP contribution in [-0.2, 0) is 21.0 Å². The lowest BCUT2D eigenvalue weighted by molar-refractivity contribution is -0.114. The zero-order chi connectivity index (χ0) is 18.3. The molecule has 0 heterocycles. The van der Waals surface area contributed by atoms with Crippen LogP contribution in [0.4, 0.5) is 0 Å². The molecule has 4 rings (SSSR count). The first kappa shape index (κ1) is 16.9. The molecule has 2 aromatic rings. The molecule has 0 aromatic heterocycles. The summed E-state index contributed by atoms with van der Waals surface area (Å²) >= 11 is 0. The van der Waals surface area contributed by atoms with Gasteiger partial charge in [0.05, 0.1) is 22.3 Å². The summed E-state index contributed by atoms with van der Waals surface area (Å²) in [4.78, 5) is 13.1. The Morgan fingerprint density at radius 1 is 1.15 bits per heavy atom. The summed E-state index contributed by atoms with van der Waals surface area (Å²) < 4.78 is 13.2. The van der Waals surface area contributed by atoms with Crippen LogP contribution in [0.25, 0.3) is 0 Å². The molecule has 3 atom stereocenters. The van der Waals surface area contributed by atoms with Crippen molar-refractivity contribution in [1.29, 1.82) is 5.26 Å². The molecular weight excluding hydrogens is 342 g/mol. The lowest BCUT2D eigenvalue weighted by atomic mass is 9.79. The van der Waals surface area contributed by atoms with Gasteiger partial charge in [0.2, 0.25) is 0 Å². The lowest BCUT2D eigenvalue weighted by Gasteiger charge is -2.24. The van der Waals surface area contributed by atoms with Crippen molar-refractivity contribution >= 4 is 16.6 Å². The van der Waals surface area contributed by atoms with Crippen molar-refractivity contribution in [3.63, 3.8) is 0 Å². The van der Waals surface area contributed by atoms with Crippen molar-refractivity contribution in [2.45, 2.75) is 41.4 Å². The number of allylic oxidation sites excluding steroid dienone is 2. The van der Waals surface area contributed by atoms with E-state index in [1.165, 1.54) is 0 Å². The van der Waals surface area contributed by atoms with Crippen molar-refractivity contribution in [2.75, 3.05) is 0 Å². The fourth-order valence-corrected chi connectivity index (χ4v) is 5.46. The van der Waals surface area contributed by atoms with Crippen LogP contribution in [0.2, 0.25) is 0 Å². The molecule has 2 aliphatic rings. The van der Waals surface area contributed by atoms with Crippen LogP contribution in [0.5, 0.6) is 0 Å². The van der Waals surface area contributed by atoms with Gasteiger partial charge in [-0.2, -0.15) is 5.26 Å². The number of hydrogen-bond donors (Lipinski definition) is 0. The molecule has 26 heavy (non-hydrogen) atoms. The van der Waals surface area contributed by atoms with E-state index in [2.05, 4.69) is 6.07 Å². The van der Waals surface area contributed by atoms with Crippen molar-refractivity contribution < 1.29 is 9.00 Å². The highest BCUT2D eigenvalue weighted by Gasteiger charge is 2.47. The molecule has 2 aliphatic carbocycles. The van der Waals surface area contributed by atoms with E-state index in [9.17, 15) is 14.3 Å². The van der Waals surface area contributed by atoms with Crippen LogP contribution in [0.1, 0.15) is 30.4 Å². The smallest absolute Gasteiger partial charge is 0.156 e. The number of ketones is 1. The molecule has 1 fully saturated rings. The number of carbonyl (C=O) groups excluding carboxylic acids is 1. The summed E-state index contributed by atoms with van der Waals surface area (Å²) in [6.07, 6.45) is 3.40. The maximum absolute atomic E-state index is 13.2. The van der Waals surface area contributed by atoms with Crippen LogP contribution in [0.15, 0.2) is 70.0 Å². The fraction of sp³-hybridized carbons (Fsp3) is 0.273. The molecule has 0 amide bonds. The second-order valence-electron chi connectivity index (χ2n) is 7.24. The molecule has 0 N–H and O–H groups in total. The third-order valence-electron chi connectivity index (χ3n) is 5.47. The van der Waals surface area contributed by atoms with Gasteiger partial charge in [-0.05, 0) is 55.5 Å². The SMILES string of the molecule is Cc1ccc([S@](=O)c2ccccc2[C@]2(C#N)CC3=CC(=O)C[C@@H]3C2)cc1. The third-order valence-corrected chi connectivity index (χ3v) is 6.93. The number of carbonyl (C=O) groups is 1. The van der Waals surface area contributed by atoms with Crippen LogP contribution < -0.4 is 0 Å². The molecule has 0 saturated heterocycles. The standard InChI is InChI=1S/C22H19NO2S/c1-15-6-8-19(9-7-15)26(25)21-5-3-2-4-20(21)22(14-23)12-16-10-18(24)11-17(16)13-22/h2-10,17H,11-13H2,1H3/t17-,22-,26+/m1/s1. The van der Waals surface area contributed by atoms with E-state index >= 15 is 0 Å². The van der Waals surface area contributed by atoms with Crippen LogP contribution in [0.3, 0.4) is 0 Å². The fourth-order valence-electron chi connectivity index (χ4n) is 4.16. The van der Waals surface area contributed by atoms with Crippen molar-refractivity contribution in [3.05, 3.63) is 71.3 Å². The van der Waals surface area contributed by atoms with Gasteiger partial charge in [-0.1, -0.05) is 41.5 Å². The number of benzene rings is 2. The van der Waals surface area contributed by atoms with Gasteiger partial charge >= 0.3 is 0 Å². The molecular formula is C22H19NO2S. The topological polar surface area (TPSA) is 57.9 Å². The largest absolute Gasteiger partial charge is 0.295 e. The zero-order valence-electron chi connectivity index (χ0n) is 14.6. The number of hydrogen-bond acceptors (Lipinski definition) is 3. The summed E-state index contributed by atoms with van der Waals surface area (Å²) in [6, 6.07) is 17.7. The monoisotopic (exact) mass is 361 g/mol. The first-order valence-electron chi connectivity index (χ1n) is 8.75. The van der Waals surface area contributed by atoms with E-state index in [4.69, 9.17) is 0 Å². The minimum atomic E-state index is -1.34. The van der Waals surface area contributed by atoms with E-state index in [0.717, 1.165) is 21.6 Å². The second-order valence-corrected chi connectivity index (χ2v) is 8.69. The van der Waals surface area contributed by atoms with Gasteiger partial charge in [-0.15, -0.1) is 0 Å². The average Bonchev–Trinajstić information content (AvgIpc) is 3.16. The van der Waals surface area contributed by atoms with E-state index < -0.39 is 16.2 Å². The molecule has 1 saturated carbocycles. The summed E-state index contributed by atoms with van der Waals surface area (Å²) in [6.45, 7) is 2.00. The first-order valence-corrected chi connectivity index (χ1v) is 9.90. The Balaban J connectivity index is 1.78. The average molecular weight is 361 g/mol. The Hall–Kier alpha value is -2.51. The molecule has 0 unspecified atom stereocenters. The minimum absolute atomic E-state index is 0.156. The summed E-state index contributed by atoms with van der Waals surface area (Å²) in [5.41, 5.74) is 2.33. The quantitative estimate of drug-likeness (QED) is 0.822. The predicted molar refractivity (Wildman–Crippen MR) is 100 cm³/mol. The molecule has 0 aliphatic heterocycles. The maximum Gasteiger partial charge on any atom is 0.156 e. The molecule has 130 valence electrons. The van der Waals surface area contributed by atoms with Gasteiger partial charge in [0.25, 0.3) is 0 Å². The van der Waals surface area contributed by atoms with Crippen LogP contribution in [-0.4, -0.2) is 9.99 Å². The molecule has 3 nitrogen and oxygen atoms in total. The number of nitriles is 1. The summed E-state index contributed by atoms with van der Waals surface area (Å²) in [5.74, 6) is 0.316. The van der Waals surface area contributed by atoms with E-state index in [1.807, 2.05) is 55.5 Å². The Morgan fingerprint density at radius 2 is 1.88 bits per heavy atom. The van der Waals surface area contributed by atoms with Crippen LogP contribution in [0, 0.1) is 24.2 Å². The van der Waals surface area contributed by atoms with Gasteiger partial charge in [0, 0.05) is 16.2 Å². The van der Waals surface area contributed by atoms with E-state index in [-0.39, 0.29) is 11.7 Å².